The molecule has 17 heavy (non-hydrogen) atoms. The van der Waals surface area contributed by atoms with E-state index < -0.39 is 17.9 Å². The summed E-state index contributed by atoms with van der Waals surface area (Å²) < 4.78 is 0. The maximum Gasteiger partial charge on any atom is 0.321 e. The number of aryl methyl sites for hydroxylation is 1. The maximum atomic E-state index is 11.6. The second-order valence-electron chi connectivity index (χ2n) is 4.46. The highest BCUT2D eigenvalue weighted by molar-refractivity contribution is 5.93. The van der Waals surface area contributed by atoms with Crippen LogP contribution in [0.25, 0.3) is 0 Å². The Morgan fingerprint density at radius 3 is 2.65 bits per heavy atom. The summed E-state index contributed by atoms with van der Waals surface area (Å²) in [6.45, 7) is 2.15. The first-order valence-corrected chi connectivity index (χ1v) is 5.62. The lowest BCUT2D eigenvalue weighted by Crippen LogP contribution is -2.36. The lowest BCUT2D eigenvalue weighted by Gasteiger charge is -2.14. The second kappa shape index (κ2) is 4.67. The van der Waals surface area contributed by atoms with Crippen LogP contribution in [0.15, 0.2) is 24.3 Å². The standard InChI is InChI=1S/C13H15NO3/c1-8-2-4-9(5-3-8)6-10-11(15)7-14-12(10)13(16)17/h2-5,10,12,14H,6-7H2,1H3,(H,16,17)/t10-,12-/m0/s1. The third-order valence-corrected chi connectivity index (χ3v) is 3.15. The van der Waals surface area contributed by atoms with E-state index in [1.807, 2.05) is 31.2 Å². The number of rotatable bonds is 3. The molecule has 1 aromatic carbocycles. The van der Waals surface area contributed by atoms with Crippen molar-refractivity contribution in [3.8, 4) is 0 Å². The molecule has 1 heterocycles. The van der Waals surface area contributed by atoms with Crippen LogP contribution >= 0.6 is 0 Å². The van der Waals surface area contributed by atoms with Gasteiger partial charge in [0.1, 0.15) is 6.04 Å². The normalized spacial score (nSPS) is 23.9. The minimum Gasteiger partial charge on any atom is -0.480 e. The molecular weight excluding hydrogens is 218 g/mol. The van der Waals surface area contributed by atoms with Gasteiger partial charge in [-0.05, 0) is 18.9 Å². The van der Waals surface area contributed by atoms with Gasteiger partial charge >= 0.3 is 5.97 Å². The van der Waals surface area contributed by atoms with Crippen molar-refractivity contribution < 1.29 is 14.7 Å². The number of carboxylic acid groups (broad SMARTS) is 1. The van der Waals surface area contributed by atoms with E-state index in [1.54, 1.807) is 0 Å². The van der Waals surface area contributed by atoms with Crippen molar-refractivity contribution >= 4 is 11.8 Å². The van der Waals surface area contributed by atoms with E-state index >= 15 is 0 Å². The number of nitrogens with one attached hydrogen (secondary N) is 1. The zero-order chi connectivity index (χ0) is 12.4. The van der Waals surface area contributed by atoms with Gasteiger partial charge in [0.15, 0.2) is 5.78 Å². The number of ketones is 1. The van der Waals surface area contributed by atoms with Gasteiger partial charge in [0.25, 0.3) is 0 Å². The smallest absolute Gasteiger partial charge is 0.321 e. The third-order valence-electron chi connectivity index (χ3n) is 3.15. The Morgan fingerprint density at radius 2 is 2.06 bits per heavy atom. The summed E-state index contributed by atoms with van der Waals surface area (Å²) in [7, 11) is 0. The van der Waals surface area contributed by atoms with E-state index in [9.17, 15) is 9.59 Å². The quantitative estimate of drug-likeness (QED) is 0.809. The molecule has 0 spiro atoms. The fourth-order valence-electron chi connectivity index (χ4n) is 2.14. The molecule has 0 radical (unpaired) electrons. The number of hydrogen-bond acceptors (Lipinski definition) is 3. The summed E-state index contributed by atoms with van der Waals surface area (Å²) in [5.41, 5.74) is 2.16. The average molecular weight is 233 g/mol. The van der Waals surface area contributed by atoms with Gasteiger partial charge in [-0.2, -0.15) is 0 Å². The molecular formula is C13H15NO3. The SMILES string of the molecule is Cc1ccc(C[C@H]2C(=O)CN[C@@H]2C(=O)O)cc1. The van der Waals surface area contributed by atoms with Gasteiger partial charge in [-0.3, -0.25) is 14.9 Å². The zero-order valence-corrected chi connectivity index (χ0v) is 9.64. The van der Waals surface area contributed by atoms with Gasteiger partial charge in [-0.15, -0.1) is 0 Å². The maximum absolute atomic E-state index is 11.6. The first-order chi connectivity index (χ1) is 8.08. The molecule has 2 N–H and O–H groups in total. The van der Waals surface area contributed by atoms with Crippen molar-refractivity contribution in [2.24, 2.45) is 5.92 Å². The van der Waals surface area contributed by atoms with E-state index in [0.717, 1.165) is 11.1 Å². The highest BCUT2D eigenvalue weighted by atomic mass is 16.4. The highest BCUT2D eigenvalue weighted by Crippen LogP contribution is 2.19. The molecule has 0 unspecified atom stereocenters. The molecule has 0 aliphatic carbocycles. The second-order valence-corrected chi connectivity index (χ2v) is 4.46. The summed E-state index contributed by atoms with van der Waals surface area (Å²) in [6, 6.07) is 7.08. The van der Waals surface area contributed by atoms with Crippen molar-refractivity contribution in [2.75, 3.05) is 6.54 Å². The first kappa shape index (κ1) is 11.8. The molecule has 2 atom stereocenters. The number of Topliss-reactive ketones (excluding diaryl/α,β-unsaturated/α-hetero) is 1. The molecule has 90 valence electrons. The van der Waals surface area contributed by atoms with Gasteiger partial charge in [0, 0.05) is 5.92 Å². The van der Waals surface area contributed by atoms with Crippen LogP contribution < -0.4 is 5.32 Å². The summed E-state index contributed by atoms with van der Waals surface area (Å²) in [5.74, 6) is -1.42. The molecule has 1 aliphatic heterocycles. The number of carbonyl (C=O) groups is 2. The molecule has 0 saturated carbocycles. The Bertz CT molecular complexity index is 438. The van der Waals surface area contributed by atoms with Crippen molar-refractivity contribution in [1.82, 2.24) is 5.32 Å². The minimum atomic E-state index is -0.951. The van der Waals surface area contributed by atoms with Crippen LogP contribution in [0.2, 0.25) is 0 Å². The van der Waals surface area contributed by atoms with Gasteiger partial charge in [-0.25, -0.2) is 0 Å². The van der Waals surface area contributed by atoms with Crippen molar-refractivity contribution in [3.05, 3.63) is 35.4 Å². The van der Waals surface area contributed by atoms with Gasteiger partial charge in [-0.1, -0.05) is 29.8 Å². The van der Waals surface area contributed by atoms with Crippen molar-refractivity contribution in [1.29, 1.82) is 0 Å². The van der Waals surface area contributed by atoms with Crippen molar-refractivity contribution in [2.45, 2.75) is 19.4 Å². The molecule has 1 aromatic rings. The van der Waals surface area contributed by atoms with Gasteiger partial charge in [0.2, 0.25) is 0 Å². The zero-order valence-electron chi connectivity index (χ0n) is 9.64. The van der Waals surface area contributed by atoms with Crippen LogP contribution in [0.4, 0.5) is 0 Å². The molecule has 1 aliphatic rings. The van der Waals surface area contributed by atoms with Crippen LogP contribution in [0, 0.1) is 12.8 Å². The van der Waals surface area contributed by atoms with Crippen LogP contribution in [-0.4, -0.2) is 29.4 Å². The van der Waals surface area contributed by atoms with Gasteiger partial charge in [0.05, 0.1) is 6.54 Å². The number of benzene rings is 1. The number of carboxylic acids is 1. The lowest BCUT2D eigenvalue weighted by atomic mass is 9.91. The van der Waals surface area contributed by atoms with E-state index in [-0.39, 0.29) is 12.3 Å². The number of carbonyl (C=O) groups excluding carboxylic acids is 1. The molecule has 1 fully saturated rings. The van der Waals surface area contributed by atoms with E-state index in [2.05, 4.69) is 5.32 Å². The molecule has 1 saturated heterocycles. The average Bonchev–Trinajstić information content (AvgIpc) is 2.64. The van der Waals surface area contributed by atoms with Crippen LogP contribution in [0.5, 0.6) is 0 Å². The molecule has 0 amide bonds. The molecule has 0 bridgehead atoms. The highest BCUT2D eigenvalue weighted by Gasteiger charge is 2.38. The van der Waals surface area contributed by atoms with E-state index in [4.69, 9.17) is 5.11 Å². The Labute approximate surface area is 99.6 Å². The van der Waals surface area contributed by atoms with Crippen molar-refractivity contribution in [3.63, 3.8) is 0 Å². The monoisotopic (exact) mass is 233 g/mol. The fourth-order valence-corrected chi connectivity index (χ4v) is 2.14. The van der Waals surface area contributed by atoms with E-state index in [0.29, 0.717) is 6.42 Å². The van der Waals surface area contributed by atoms with Crippen LogP contribution in [-0.2, 0) is 16.0 Å². The Hall–Kier alpha value is -1.68. The first-order valence-electron chi connectivity index (χ1n) is 5.62. The summed E-state index contributed by atoms with van der Waals surface area (Å²) in [4.78, 5) is 22.6. The number of hydrogen-bond donors (Lipinski definition) is 2. The predicted octanol–water partition coefficient (Wildman–Crippen LogP) is 0.779. The summed E-state index contributed by atoms with van der Waals surface area (Å²) in [5, 5.41) is 11.7. The molecule has 0 aromatic heterocycles. The summed E-state index contributed by atoms with van der Waals surface area (Å²) >= 11 is 0. The molecule has 4 nitrogen and oxygen atoms in total. The van der Waals surface area contributed by atoms with Crippen LogP contribution in [0.1, 0.15) is 11.1 Å². The van der Waals surface area contributed by atoms with Gasteiger partial charge < -0.3 is 5.11 Å². The van der Waals surface area contributed by atoms with Crippen LogP contribution in [0.3, 0.4) is 0 Å². The largest absolute Gasteiger partial charge is 0.480 e. The molecule has 2 rings (SSSR count). The fraction of sp³-hybridized carbons (Fsp3) is 0.385. The molecule has 4 heteroatoms. The summed E-state index contributed by atoms with van der Waals surface area (Å²) in [6.07, 6.45) is 0.489. The predicted molar refractivity (Wildman–Crippen MR) is 62.8 cm³/mol. The Balaban J connectivity index is 2.13. The lowest BCUT2D eigenvalue weighted by molar-refractivity contribution is -0.141. The number of aliphatic carboxylic acids is 1. The minimum absolute atomic E-state index is 0.0158. The Morgan fingerprint density at radius 1 is 1.41 bits per heavy atom. The topological polar surface area (TPSA) is 66.4 Å². The third kappa shape index (κ3) is 2.53. The van der Waals surface area contributed by atoms with E-state index in [1.165, 1.54) is 0 Å². The Kier molecular flexibility index (Phi) is 3.24.